The monoisotopic (exact) mass is 359 g/mol. The van der Waals surface area contributed by atoms with E-state index < -0.39 is 0 Å². The van der Waals surface area contributed by atoms with E-state index in [1.807, 2.05) is 10.7 Å². The van der Waals surface area contributed by atoms with Crippen LogP contribution in [0.25, 0.3) is 0 Å². The van der Waals surface area contributed by atoms with Crippen molar-refractivity contribution in [2.24, 2.45) is 0 Å². The number of rotatable bonds is 6. The molecule has 0 spiro atoms. The van der Waals surface area contributed by atoms with Crippen molar-refractivity contribution in [1.82, 2.24) is 15.1 Å². The van der Waals surface area contributed by atoms with Crippen molar-refractivity contribution < 1.29 is 4.79 Å². The second kappa shape index (κ2) is 8.09. The van der Waals surface area contributed by atoms with Crippen LogP contribution in [0.2, 0.25) is 0 Å². The average Bonchev–Trinajstić information content (AvgIpc) is 2.99. The van der Waals surface area contributed by atoms with Crippen LogP contribution in [0.1, 0.15) is 62.3 Å². The van der Waals surface area contributed by atoms with E-state index in [2.05, 4.69) is 76.2 Å². The summed E-state index contributed by atoms with van der Waals surface area (Å²) < 4.78 is 1.97. The zero-order valence-electron chi connectivity index (χ0n) is 16.1. The van der Waals surface area contributed by atoms with Crippen LogP contribution < -0.4 is 5.32 Å². The molecule has 25 heavy (non-hydrogen) atoms. The first kappa shape index (κ1) is 19.6. The fraction of sp³-hybridized carbons (Fsp3) is 0.500. The molecule has 4 nitrogen and oxygen atoms in total. The Kier molecular flexibility index (Phi) is 6.33. The zero-order chi connectivity index (χ0) is 18.6. The first-order valence-corrected chi connectivity index (χ1v) is 9.75. The molecule has 0 aliphatic carbocycles. The summed E-state index contributed by atoms with van der Waals surface area (Å²) in [7, 11) is 0. The predicted molar refractivity (Wildman–Crippen MR) is 106 cm³/mol. The van der Waals surface area contributed by atoms with Crippen molar-refractivity contribution in [2.45, 2.75) is 57.9 Å². The minimum atomic E-state index is -0.139. The highest BCUT2D eigenvalue weighted by molar-refractivity contribution is 7.99. The van der Waals surface area contributed by atoms with Crippen LogP contribution >= 0.6 is 11.8 Å². The molecule has 0 saturated carbocycles. The number of carbonyl (C=O) groups excluding carboxylic acids is 1. The Morgan fingerprint density at radius 3 is 2.40 bits per heavy atom. The first-order chi connectivity index (χ1) is 11.7. The molecule has 1 aromatic heterocycles. The molecular formula is C20H29N3OS. The van der Waals surface area contributed by atoms with Gasteiger partial charge in [-0.3, -0.25) is 9.48 Å². The van der Waals surface area contributed by atoms with Gasteiger partial charge in [0.2, 0.25) is 0 Å². The van der Waals surface area contributed by atoms with Gasteiger partial charge in [0.15, 0.2) is 0 Å². The SMILES string of the molecule is Cc1ccc(SCCNC(=O)c2cc(C(C)C)n(C(C)(C)C)n2)cc1. The second-order valence-electron chi connectivity index (χ2n) is 7.61. The van der Waals surface area contributed by atoms with Gasteiger partial charge in [-0.2, -0.15) is 5.10 Å². The number of aromatic nitrogens is 2. The Balaban J connectivity index is 1.93. The van der Waals surface area contributed by atoms with E-state index in [4.69, 9.17) is 0 Å². The summed E-state index contributed by atoms with van der Waals surface area (Å²) in [5.41, 5.74) is 2.71. The normalized spacial score (nSPS) is 11.8. The molecule has 1 amide bonds. The fourth-order valence-electron chi connectivity index (χ4n) is 2.51. The number of benzene rings is 1. The van der Waals surface area contributed by atoms with Gasteiger partial charge >= 0.3 is 0 Å². The number of hydrogen-bond donors (Lipinski definition) is 1. The van der Waals surface area contributed by atoms with Crippen molar-refractivity contribution >= 4 is 17.7 Å². The highest BCUT2D eigenvalue weighted by Gasteiger charge is 2.23. The second-order valence-corrected chi connectivity index (χ2v) is 8.78. The topological polar surface area (TPSA) is 46.9 Å². The maximum absolute atomic E-state index is 12.4. The summed E-state index contributed by atoms with van der Waals surface area (Å²) in [5.74, 6) is 1.06. The molecule has 0 aliphatic heterocycles. The molecule has 0 bridgehead atoms. The zero-order valence-corrected chi connectivity index (χ0v) is 16.9. The third-order valence-corrected chi connectivity index (χ3v) is 4.89. The Bertz CT molecular complexity index is 712. The number of aryl methyl sites for hydroxylation is 1. The maximum Gasteiger partial charge on any atom is 0.271 e. The minimum Gasteiger partial charge on any atom is -0.350 e. The molecule has 2 rings (SSSR count). The third kappa shape index (κ3) is 5.36. The molecule has 0 aliphatic rings. The van der Waals surface area contributed by atoms with E-state index in [9.17, 15) is 4.79 Å². The van der Waals surface area contributed by atoms with Gasteiger partial charge in [-0.05, 0) is 51.8 Å². The lowest BCUT2D eigenvalue weighted by Crippen LogP contribution is -2.28. The lowest BCUT2D eigenvalue weighted by molar-refractivity contribution is 0.0949. The molecule has 0 saturated heterocycles. The summed E-state index contributed by atoms with van der Waals surface area (Å²) in [6.07, 6.45) is 0. The summed E-state index contributed by atoms with van der Waals surface area (Å²) in [6, 6.07) is 10.4. The van der Waals surface area contributed by atoms with Crippen LogP contribution in [-0.4, -0.2) is 28.0 Å². The lowest BCUT2D eigenvalue weighted by atomic mass is 10.1. The highest BCUT2D eigenvalue weighted by Crippen LogP contribution is 2.23. The van der Waals surface area contributed by atoms with E-state index in [1.54, 1.807) is 11.8 Å². The van der Waals surface area contributed by atoms with Gasteiger partial charge in [0.25, 0.3) is 5.91 Å². The minimum absolute atomic E-state index is 0.102. The van der Waals surface area contributed by atoms with E-state index >= 15 is 0 Å². The van der Waals surface area contributed by atoms with Crippen molar-refractivity contribution in [2.75, 3.05) is 12.3 Å². The molecule has 0 fully saturated rings. The molecule has 5 heteroatoms. The van der Waals surface area contributed by atoms with Crippen molar-refractivity contribution in [3.63, 3.8) is 0 Å². The quantitative estimate of drug-likeness (QED) is 0.606. The van der Waals surface area contributed by atoms with Crippen molar-refractivity contribution in [1.29, 1.82) is 0 Å². The van der Waals surface area contributed by atoms with Gasteiger partial charge in [0.05, 0.1) is 5.54 Å². The summed E-state index contributed by atoms with van der Waals surface area (Å²) in [6.45, 7) is 13.3. The van der Waals surface area contributed by atoms with Gasteiger partial charge in [0, 0.05) is 22.9 Å². The Hall–Kier alpha value is -1.75. The Morgan fingerprint density at radius 1 is 1.24 bits per heavy atom. The van der Waals surface area contributed by atoms with Crippen LogP contribution in [0.3, 0.4) is 0 Å². The number of thioether (sulfide) groups is 1. The van der Waals surface area contributed by atoms with Crippen molar-refractivity contribution in [3.8, 4) is 0 Å². The Labute approximate surface area is 155 Å². The number of amides is 1. The molecule has 0 unspecified atom stereocenters. The molecular weight excluding hydrogens is 330 g/mol. The molecule has 2 aromatic rings. The lowest BCUT2D eigenvalue weighted by Gasteiger charge is -2.23. The van der Waals surface area contributed by atoms with Crippen LogP contribution in [0.5, 0.6) is 0 Å². The molecule has 1 N–H and O–H groups in total. The molecule has 136 valence electrons. The van der Waals surface area contributed by atoms with Gasteiger partial charge in [-0.1, -0.05) is 31.5 Å². The summed E-state index contributed by atoms with van der Waals surface area (Å²) in [4.78, 5) is 13.6. The molecule has 1 heterocycles. The Morgan fingerprint density at radius 2 is 1.88 bits per heavy atom. The number of nitrogens with zero attached hydrogens (tertiary/aromatic N) is 2. The summed E-state index contributed by atoms with van der Waals surface area (Å²) in [5, 5.41) is 7.52. The van der Waals surface area contributed by atoms with E-state index in [0.717, 1.165) is 11.4 Å². The number of nitrogens with one attached hydrogen (secondary N) is 1. The summed E-state index contributed by atoms with van der Waals surface area (Å²) >= 11 is 1.74. The van der Waals surface area contributed by atoms with E-state index in [0.29, 0.717) is 18.2 Å². The third-order valence-electron chi connectivity index (χ3n) is 3.87. The molecule has 0 atom stereocenters. The largest absolute Gasteiger partial charge is 0.350 e. The van der Waals surface area contributed by atoms with Crippen molar-refractivity contribution in [3.05, 3.63) is 47.3 Å². The maximum atomic E-state index is 12.4. The van der Waals surface area contributed by atoms with E-state index in [-0.39, 0.29) is 11.4 Å². The predicted octanol–water partition coefficient (Wildman–Crippen LogP) is 4.59. The van der Waals surface area contributed by atoms with Crippen LogP contribution in [0.15, 0.2) is 35.2 Å². The molecule has 1 aromatic carbocycles. The van der Waals surface area contributed by atoms with Gasteiger partial charge in [-0.15, -0.1) is 11.8 Å². The standard InChI is InChI=1S/C20H29N3OS/c1-14(2)18-13-17(22-23(18)20(4,5)6)19(24)21-11-12-25-16-9-7-15(3)8-10-16/h7-10,13-14H,11-12H2,1-6H3,(H,21,24). The highest BCUT2D eigenvalue weighted by atomic mass is 32.2. The molecule has 0 radical (unpaired) electrons. The van der Waals surface area contributed by atoms with Gasteiger partial charge in [0.1, 0.15) is 5.69 Å². The average molecular weight is 360 g/mol. The van der Waals surface area contributed by atoms with Crippen LogP contribution in [0, 0.1) is 6.92 Å². The first-order valence-electron chi connectivity index (χ1n) is 8.76. The van der Waals surface area contributed by atoms with E-state index in [1.165, 1.54) is 10.5 Å². The van der Waals surface area contributed by atoms with Gasteiger partial charge in [-0.25, -0.2) is 0 Å². The number of carbonyl (C=O) groups is 1. The smallest absolute Gasteiger partial charge is 0.271 e. The fourth-order valence-corrected chi connectivity index (χ4v) is 3.28. The van der Waals surface area contributed by atoms with Crippen LogP contribution in [-0.2, 0) is 5.54 Å². The number of hydrogen-bond acceptors (Lipinski definition) is 3. The van der Waals surface area contributed by atoms with Gasteiger partial charge < -0.3 is 5.32 Å². The van der Waals surface area contributed by atoms with Crippen LogP contribution in [0.4, 0.5) is 0 Å².